The van der Waals surface area contributed by atoms with Crippen LogP contribution in [0.2, 0.25) is 0 Å². The minimum atomic E-state index is -0.286. The highest BCUT2D eigenvalue weighted by atomic mass is 32.2. The minimum Gasteiger partial charge on any atom is -0.361 e. The Hall–Kier alpha value is -2.79. The van der Waals surface area contributed by atoms with Gasteiger partial charge in [-0.2, -0.15) is 0 Å². The average molecular weight is 361 g/mol. The lowest BCUT2D eigenvalue weighted by atomic mass is 10.1. The SMILES string of the molecule is CSc1cccc(N[C@@H]2c3ccccc3C(=O)N2c2ccc(C)cn2)c1. The van der Waals surface area contributed by atoms with Crippen molar-refractivity contribution in [1.82, 2.24) is 4.98 Å². The molecule has 0 saturated heterocycles. The van der Waals surface area contributed by atoms with Crippen molar-refractivity contribution in [2.45, 2.75) is 18.0 Å². The molecule has 3 aromatic rings. The molecule has 1 atom stereocenters. The van der Waals surface area contributed by atoms with E-state index in [1.165, 1.54) is 4.90 Å². The van der Waals surface area contributed by atoms with E-state index in [2.05, 4.69) is 28.7 Å². The zero-order chi connectivity index (χ0) is 18.1. The van der Waals surface area contributed by atoms with Crippen LogP contribution in [0.5, 0.6) is 0 Å². The second-order valence-electron chi connectivity index (χ2n) is 6.23. The number of aryl methyl sites for hydroxylation is 1. The highest BCUT2D eigenvalue weighted by Crippen LogP contribution is 2.37. The van der Waals surface area contributed by atoms with Crippen molar-refractivity contribution in [1.29, 1.82) is 0 Å². The minimum absolute atomic E-state index is 0.0320. The van der Waals surface area contributed by atoms with E-state index in [4.69, 9.17) is 0 Å². The normalized spacial score (nSPS) is 15.8. The molecule has 130 valence electrons. The lowest BCUT2D eigenvalue weighted by Crippen LogP contribution is -2.32. The summed E-state index contributed by atoms with van der Waals surface area (Å²) in [5, 5.41) is 3.52. The molecule has 0 unspecified atom stereocenters. The number of aromatic nitrogens is 1. The summed E-state index contributed by atoms with van der Waals surface area (Å²) in [5.41, 5.74) is 3.72. The number of fused-ring (bicyclic) bond motifs is 1. The van der Waals surface area contributed by atoms with Crippen molar-refractivity contribution in [2.24, 2.45) is 0 Å². The summed E-state index contributed by atoms with van der Waals surface area (Å²) >= 11 is 1.69. The molecule has 0 radical (unpaired) electrons. The van der Waals surface area contributed by atoms with Crippen LogP contribution in [-0.2, 0) is 0 Å². The summed E-state index contributed by atoms with van der Waals surface area (Å²) in [7, 11) is 0. The van der Waals surface area contributed by atoms with E-state index < -0.39 is 0 Å². The van der Waals surface area contributed by atoms with Gasteiger partial charge in [-0.25, -0.2) is 4.98 Å². The Morgan fingerprint density at radius 3 is 2.69 bits per heavy atom. The smallest absolute Gasteiger partial charge is 0.261 e. The maximum absolute atomic E-state index is 13.0. The Morgan fingerprint density at radius 1 is 1.08 bits per heavy atom. The van der Waals surface area contributed by atoms with Crippen LogP contribution in [-0.4, -0.2) is 17.1 Å². The Kier molecular flexibility index (Phi) is 4.39. The monoisotopic (exact) mass is 361 g/mol. The topological polar surface area (TPSA) is 45.2 Å². The number of nitrogens with zero attached hydrogens (tertiary/aromatic N) is 2. The molecule has 1 aliphatic rings. The van der Waals surface area contributed by atoms with Crippen molar-refractivity contribution in [3.05, 3.63) is 83.6 Å². The molecule has 0 saturated carbocycles. The fraction of sp³-hybridized carbons (Fsp3) is 0.143. The Balaban J connectivity index is 1.76. The van der Waals surface area contributed by atoms with Crippen LogP contribution in [0.4, 0.5) is 11.5 Å². The van der Waals surface area contributed by atoms with E-state index in [-0.39, 0.29) is 12.1 Å². The van der Waals surface area contributed by atoms with Crippen molar-refractivity contribution in [3.8, 4) is 0 Å². The van der Waals surface area contributed by atoms with Crippen molar-refractivity contribution in [2.75, 3.05) is 16.5 Å². The van der Waals surface area contributed by atoms with Crippen LogP contribution in [0.15, 0.2) is 71.8 Å². The molecule has 0 spiro atoms. The van der Waals surface area contributed by atoms with Crippen LogP contribution in [0, 0.1) is 6.92 Å². The summed E-state index contributed by atoms with van der Waals surface area (Å²) in [4.78, 5) is 20.4. The molecule has 4 nitrogen and oxygen atoms in total. The number of pyridine rings is 1. The first-order valence-corrected chi connectivity index (χ1v) is 9.65. The number of amides is 1. The fourth-order valence-corrected chi connectivity index (χ4v) is 3.63. The van der Waals surface area contributed by atoms with Gasteiger partial charge in [-0.15, -0.1) is 11.8 Å². The molecule has 0 aliphatic carbocycles. The Bertz CT molecular complexity index is 955. The van der Waals surface area contributed by atoms with Crippen LogP contribution in [0.1, 0.15) is 27.7 Å². The van der Waals surface area contributed by atoms with Gasteiger partial charge in [0.1, 0.15) is 12.0 Å². The molecule has 4 rings (SSSR count). The predicted octanol–water partition coefficient (Wildman–Crippen LogP) is 4.88. The van der Waals surface area contributed by atoms with E-state index >= 15 is 0 Å². The highest BCUT2D eigenvalue weighted by molar-refractivity contribution is 7.98. The third kappa shape index (κ3) is 2.95. The first-order valence-electron chi connectivity index (χ1n) is 8.43. The van der Waals surface area contributed by atoms with Gasteiger partial charge in [-0.3, -0.25) is 9.69 Å². The molecular formula is C21H19N3OS. The number of hydrogen-bond acceptors (Lipinski definition) is 4. The van der Waals surface area contributed by atoms with Crippen molar-refractivity contribution < 1.29 is 4.79 Å². The van der Waals surface area contributed by atoms with Gasteiger partial charge < -0.3 is 5.32 Å². The second kappa shape index (κ2) is 6.84. The van der Waals surface area contributed by atoms with Crippen molar-refractivity contribution in [3.63, 3.8) is 0 Å². The third-order valence-electron chi connectivity index (χ3n) is 4.48. The number of hydrogen-bond donors (Lipinski definition) is 1. The van der Waals surface area contributed by atoms with Gasteiger partial charge in [0.15, 0.2) is 0 Å². The maximum Gasteiger partial charge on any atom is 0.261 e. The maximum atomic E-state index is 13.0. The molecule has 2 heterocycles. The Labute approximate surface area is 157 Å². The van der Waals surface area contributed by atoms with Crippen molar-refractivity contribution >= 4 is 29.2 Å². The average Bonchev–Trinajstić information content (AvgIpc) is 2.95. The number of nitrogens with one attached hydrogen (secondary N) is 1. The number of rotatable bonds is 4. The molecule has 1 aliphatic heterocycles. The third-order valence-corrected chi connectivity index (χ3v) is 5.20. The molecular weight excluding hydrogens is 342 g/mol. The van der Waals surface area contributed by atoms with Gasteiger partial charge in [-0.05, 0) is 49.1 Å². The van der Waals surface area contributed by atoms with Crippen LogP contribution >= 0.6 is 11.8 Å². The number of carbonyl (C=O) groups excluding carboxylic acids is 1. The van der Waals surface area contributed by atoms with E-state index in [9.17, 15) is 4.79 Å². The molecule has 1 amide bonds. The van der Waals surface area contributed by atoms with Crippen LogP contribution < -0.4 is 10.2 Å². The highest BCUT2D eigenvalue weighted by Gasteiger charge is 2.38. The summed E-state index contributed by atoms with van der Waals surface area (Å²) in [6.45, 7) is 1.99. The molecule has 1 aromatic heterocycles. The first-order chi connectivity index (χ1) is 12.7. The first kappa shape index (κ1) is 16.7. The number of benzene rings is 2. The van der Waals surface area contributed by atoms with Gasteiger partial charge in [-0.1, -0.05) is 30.3 Å². The number of anilines is 2. The lowest BCUT2D eigenvalue weighted by Gasteiger charge is -2.26. The predicted molar refractivity (Wildman–Crippen MR) is 107 cm³/mol. The summed E-state index contributed by atoms with van der Waals surface area (Å²) in [6.07, 6.45) is 3.55. The van der Waals surface area contributed by atoms with Gasteiger partial charge >= 0.3 is 0 Å². The molecule has 5 heteroatoms. The van der Waals surface area contributed by atoms with Crippen LogP contribution in [0.25, 0.3) is 0 Å². The van der Waals surface area contributed by atoms with E-state index in [0.29, 0.717) is 11.4 Å². The summed E-state index contributed by atoms with van der Waals surface area (Å²) < 4.78 is 0. The fourth-order valence-electron chi connectivity index (χ4n) is 3.17. The molecule has 1 N–H and O–H groups in total. The molecule has 0 bridgehead atoms. The van der Waals surface area contributed by atoms with Gasteiger partial charge in [0, 0.05) is 27.9 Å². The standard InChI is InChI=1S/C21H19N3OS/c1-14-10-11-19(22-13-14)24-20(17-8-3-4-9-18(17)21(24)25)23-15-6-5-7-16(12-15)26-2/h3-13,20,23H,1-2H3/t20-/m0/s1. The zero-order valence-electron chi connectivity index (χ0n) is 14.6. The summed E-state index contributed by atoms with van der Waals surface area (Å²) in [6, 6.07) is 19.8. The van der Waals surface area contributed by atoms with Crippen LogP contribution in [0.3, 0.4) is 0 Å². The van der Waals surface area contributed by atoms with Gasteiger partial charge in [0.05, 0.1) is 0 Å². The Morgan fingerprint density at radius 2 is 1.92 bits per heavy atom. The number of thioether (sulfide) groups is 1. The van der Waals surface area contributed by atoms with Gasteiger partial charge in [0.2, 0.25) is 0 Å². The molecule has 0 fully saturated rings. The van der Waals surface area contributed by atoms with E-state index in [1.54, 1.807) is 22.9 Å². The molecule has 26 heavy (non-hydrogen) atoms. The zero-order valence-corrected chi connectivity index (χ0v) is 15.5. The van der Waals surface area contributed by atoms with E-state index in [1.807, 2.05) is 55.5 Å². The largest absolute Gasteiger partial charge is 0.361 e. The van der Waals surface area contributed by atoms with Gasteiger partial charge in [0.25, 0.3) is 5.91 Å². The van der Waals surface area contributed by atoms with E-state index in [0.717, 1.165) is 16.8 Å². The quantitative estimate of drug-likeness (QED) is 0.673. The lowest BCUT2D eigenvalue weighted by molar-refractivity contribution is 0.0992. The second-order valence-corrected chi connectivity index (χ2v) is 7.11. The summed E-state index contributed by atoms with van der Waals surface area (Å²) in [5.74, 6) is 0.616. The molecule has 2 aromatic carbocycles. The number of carbonyl (C=O) groups is 1.